The zero-order valence-corrected chi connectivity index (χ0v) is 10.1. The van der Waals surface area contributed by atoms with Crippen LogP contribution in [0.25, 0.3) is 0 Å². The van der Waals surface area contributed by atoms with Crippen molar-refractivity contribution in [2.75, 3.05) is 6.54 Å². The summed E-state index contributed by atoms with van der Waals surface area (Å²) < 4.78 is 0. The number of likely N-dealkylation sites (tertiary alicyclic amines) is 1. The first-order valence-corrected chi connectivity index (χ1v) is 5.73. The van der Waals surface area contributed by atoms with Crippen molar-refractivity contribution in [1.29, 1.82) is 0 Å². The fraction of sp³-hybridized carbons (Fsp3) is 0.818. The van der Waals surface area contributed by atoms with Gasteiger partial charge in [0.1, 0.15) is 6.04 Å². The quantitative estimate of drug-likeness (QED) is 0.733. The van der Waals surface area contributed by atoms with Crippen molar-refractivity contribution in [2.45, 2.75) is 51.7 Å². The van der Waals surface area contributed by atoms with Crippen LogP contribution >= 0.6 is 0 Å². The number of carboxylic acids is 1. The third-order valence-corrected chi connectivity index (χ3v) is 2.97. The summed E-state index contributed by atoms with van der Waals surface area (Å²) in [5.74, 6) is -0.818. The standard InChI is InChI=1S/C11H20N2O3/c1-4-10(14)12-8-5-9(11(15)16)13(6-8)7(2)3/h7-9H,4-6H2,1-3H3,(H,12,14)(H,15,16)/t8-,9+/m1/s1. The first kappa shape index (κ1) is 13.0. The van der Waals surface area contributed by atoms with E-state index in [-0.39, 0.29) is 18.0 Å². The van der Waals surface area contributed by atoms with Gasteiger partial charge in [0.15, 0.2) is 0 Å². The molecule has 5 nitrogen and oxygen atoms in total. The number of hydrogen-bond acceptors (Lipinski definition) is 3. The highest BCUT2D eigenvalue weighted by Gasteiger charge is 2.38. The van der Waals surface area contributed by atoms with Gasteiger partial charge in [0, 0.05) is 25.0 Å². The van der Waals surface area contributed by atoms with Gasteiger partial charge in [0.25, 0.3) is 0 Å². The third kappa shape index (κ3) is 2.95. The molecule has 0 aromatic carbocycles. The topological polar surface area (TPSA) is 69.6 Å². The highest BCUT2D eigenvalue weighted by atomic mass is 16.4. The van der Waals surface area contributed by atoms with Crippen molar-refractivity contribution in [3.63, 3.8) is 0 Å². The molecule has 0 spiro atoms. The number of nitrogens with one attached hydrogen (secondary N) is 1. The highest BCUT2D eigenvalue weighted by molar-refractivity contribution is 5.77. The van der Waals surface area contributed by atoms with Gasteiger partial charge in [-0.2, -0.15) is 0 Å². The summed E-state index contributed by atoms with van der Waals surface area (Å²) in [4.78, 5) is 24.2. The fourth-order valence-electron chi connectivity index (χ4n) is 2.11. The summed E-state index contributed by atoms with van der Waals surface area (Å²) in [7, 11) is 0. The summed E-state index contributed by atoms with van der Waals surface area (Å²) in [6.45, 7) is 6.36. The van der Waals surface area contributed by atoms with Gasteiger partial charge in [-0.15, -0.1) is 0 Å². The van der Waals surface area contributed by atoms with Crippen molar-refractivity contribution in [1.82, 2.24) is 10.2 Å². The predicted octanol–water partition coefficient (Wildman–Crippen LogP) is 0.449. The van der Waals surface area contributed by atoms with E-state index in [1.54, 1.807) is 6.92 Å². The Hall–Kier alpha value is -1.10. The van der Waals surface area contributed by atoms with Gasteiger partial charge in [-0.05, 0) is 20.3 Å². The van der Waals surface area contributed by atoms with Crippen LogP contribution in [0.15, 0.2) is 0 Å². The number of rotatable bonds is 4. The Morgan fingerprint density at radius 2 is 2.12 bits per heavy atom. The van der Waals surface area contributed by atoms with E-state index < -0.39 is 12.0 Å². The van der Waals surface area contributed by atoms with Crippen LogP contribution in [-0.4, -0.2) is 46.6 Å². The first-order chi connectivity index (χ1) is 7.45. The molecule has 1 fully saturated rings. The Bertz CT molecular complexity index is 278. The molecule has 92 valence electrons. The largest absolute Gasteiger partial charge is 0.480 e. The summed E-state index contributed by atoms with van der Waals surface area (Å²) in [5.41, 5.74) is 0. The molecule has 0 aromatic heterocycles. The van der Waals surface area contributed by atoms with E-state index in [0.717, 1.165) is 0 Å². The molecule has 1 saturated heterocycles. The molecule has 0 saturated carbocycles. The minimum Gasteiger partial charge on any atom is -0.480 e. The highest BCUT2D eigenvalue weighted by Crippen LogP contribution is 2.20. The molecule has 1 heterocycles. The zero-order valence-electron chi connectivity index (χ0n) is 10.1. The minimum atomic E-state index is -0.804. The average molecular weight is 228 g/mol. The summed E-state index contributed by atoms with van der Waals surface area (Å²) in [5, 5.41) is 11.9. The van der Waals surface area contributed by atoms with Crippen molar-refractivity contribution >= 4 is 11.9 Å². The summed E-state index contributed by atoms with van der Waals surface area (Å²) in [6.07, 6.45) is 0.940. The van der Waals surface area contributed by atoms with Gasteiger partial charge in [-0.1, -0.05) is 6.92 Å². The van der Waals surface area contributed by atoms with Gasteiger partial charge in [-0.3, -0.25) is 14.5 Å². The number of carboxylic acid groups (broad SMARTS) is 1. The van der Waals surface area contributed by atoms with Crippen LogP contribution in [0, 0.1) is 0 Å². The second-order valence-corrected chi connectivity index (χ2v) is 4.50. The van der Waals surface area contributed by atoms with E-state index in [1.807, 2.05) is 18.7 Å². The molecule has 5 heteroatoms. The van der Waals surface area contributed by atoms with Crippen LogP contribution in [0.2, 0.25) is 0 Å². The van der Waals surface area contributed by atoms with Crippen LogP contribution in [0.3, 0.4) is 0 Å². The number of amides is 1. The average Bonchev–Trinajstić information content (AvgIpc) is 2.61. The molecule has 0 radical (unpaired) electrons. The van der Waals surface area contributed by atoms with E-state index in [0.29, 0.717) is 19.4 Å². The van der Waals surface area contributed by atoms with Gasteiger partial charge in [0.05, 0.1) is 0 Å². The van der Waals surface area contributed by atoms with Crippen molar-refractivity contribution in [3.8, 4) is 0 Å². The molecule has 16 heavy (non-hydrogen) atoms. The monoisotopic (exact) mass is 228 g/mol. The SMILES string of the molecule is CCC(=O)N[C@@H]1C[C@@H](C(=O)O)N(C(C)C)C1. The molecule has 0 aliphatic carbocycles. The second-order valence-electron chi connectivity index (χ2n) is 4.50. The van der Waals surface area contributed by atoms with Crippen molar-refractivity contribution in [2.24, 2.45) is 0 Å². The van der Waals surface area contributed by atoms with Gasteiger partial charge in [-0.25, -0.2) is 0 Å². The Morgan fingerprint density at radius 1 is 1.50 bits per heavy atom. The van der Waals surface area contributed by atoms with E-state index >= 15 is 0 Å². The molecule has 0 aromatic rings. The maximum Gasteiger partial charge on any atom is 0.321 e. The summed E-state index contributed by atoms with van der Waals surface area (Å²) >= 11 is 0. The third-order valence-electron chi connectivity index (χ3n) is 2.97. The number of aliphatic carboxylic acids is 1. The number of hydrogen-bond donors (Lipinski definition) is 2. The Morgan fingerprint density at radius 3 is 2.50 bits per heavy atom. The van der Waals surface area contributed by atoms with E-state index in [4.69, 9.17) is 5.11 Å². The molecule has 1 aliphatic heterocycles. The second kappa shape index (κ2) is 5.30. The molecule has 0 unspecified atom stereocenters. The van der Waals surface area contributed by atoms with Crippen LogP contribution < -0.4 is 5.32 Å². The van der Waals surface area contributed by atoms with Gasteiger partial charge in [0.2, 0.25) is 5.91 Å². The molecule has 1 aliphatic rings. The van der Waals surface area contributed by atoms with Crippen LogP contribution in [0.1, 0.15) is 33.6 Å². The van der Waals surface area contributed by atoms with Crippen LogP contribution in [0.5, 0.6) is 0 Å². The normalized spacial score (nSPS) is 26.0. The summed E-state index contributed by atoms with van der Waals surface area (Å²) in [6, 6.07) is -0.317. The first-order valence-electron chi connectivity index (χ1n) is 5.73. The van der Waals surface area contributed by atoms with Crippen LogP contribution in [0.4, 0.5) is 0 Å². The lowest BCUT2D eigenvalue weighted by molar-refractivity contribution is -0.142. The van der Waals surface area contributed by atoms with E-state index in [1.165, 1.54) is 0 Å². The maximum absolute atomic E-state index is 11.2. The van der Waals surface area contributed by atoms with Crippen LogP contribution in [-0.2, 0) is 9.59 Å². The Kier molecular flexibility index (Phi) is 4.29. The molecule has 1 rings (SSSR count). The lowest BCUT2D eigenvalue weighted by atomic mass is 10.1. The number of carbonyl (C=O) groups excluding carboxylic acids is 1. The van der Waals surface area contributed by atoms with Crippen molar-refractivity contribution < 1.29 is 14.7 Å². The molecular weight excluding hydrogens is 208 g/mol. The molecule has 2 N–H and O–H groups in total. The lowest BCUT2D eigenvalue weighted by Crippen LogP contribution is -2.41. The fourth-order valence-corrected chi connectivity index (χ4v) is 2.11. The Labute approximate surface area is 95.8 Å². The predicted molar refractivity (Wildman–Crippen MR) is 60.1 cm³/mol. The lowest BCUT2D eigenvalue weighted by Gasteiger charge is -2.24. The van der Waals surface area contributed by atoms with Gasteiger partial charge < -0.3 is 10.4 Å². The van der Waals surface area contributed by atoms with Gasteiger partial charge >= 0.3 is 5.97 Å². The zero-order chi connectivity index (χ0) is 12.3. The minimum absolute atomic E-state index is 0.0141. The Balaban J connectivity index is 2.62. The van der Waals surface area contributed by atoms with Crippen molar-refractivity contribution in [3.05, 3.63) is 0 Å². The molecular formula is C11H20N2O3. The molecule has 1 amide bonds. The number of nitrogens with zero attached hydrogens (tertiary/aromatic N) is 1. The maximum atomic E-state index is 11.2. The molecule has 2 atom stereocenters. The van der Waals surface area contributed by atoms with E-state index in [2.05, 4.69) is 5.32 Å². The number of carbonyl (C=O) groups is 2. The smallest absolute Gasteiger partial charge is 0.321 e. The molecule has 0 bridgehead atoms. The van der Waals surface area contributed by atoms with E-state index in [9.17, 15) is 9.59 Å².